The Balaban J connectivity index is 1.92. The fourth-order valence-corrected chi connectivity index (χ4v) is 2.64. The monoisotopic (exact) mass is 338 g/mol. The van der Waals surface area contributed by atoms with Gasteiger partial charge in [0, 0.05) is 41.6 Å². The number of para-hydroxylation sites is 1. The number of hydrogen-bond acceptors (Lipinski definition) is 6. The fraction of sp³-hybridized carbons (Fsp3) is 0.222. The third-order valence-electron chi connectivity index (χ3n) is 3.72. The molecule has 0 saturated carbocycles. The molecule has 1 aromatic carbocycles. The van der Waals surface area contributed by atoms with Gasteiger partial charge in [0.2, 0.25) is 5.88 Å². The number of fused-ring (bicyclic) bond motifs is 1. The first-order valence-electron chi connectivity index (χ1n) is 7.95. The van der Waals surface area contributed by atoms with Crippen LogP contribution in [0.3, 0.4) is 0 Å². The molecule has 0 fully saturated rings. The van der Waals surface area contributed by atoms with Gasteiger partial charge in [-0.3, -0.25) is 10.1 Å². The van der Waals surface area contributed by atoms with E-state index in [2.05, 4.69) is 15.3 Å². The summed E-state index contributed by atoms with van der Waals surface area (Å²) in [5.74, 6) is 0.577. The van der Waals surface area contributed by atoms with Crippen LogP contribution in [0.1, 0.15) is 18.2 Å². The molecule has 2 aromatic heterocycles. The van der Waals surface area contributed by atoms with Crippen LogP contribution in [0.15, 0.2) is 42.6 Å². The second-order valence-electron chi connectivity index (χ2n) is 5.53. The molecule has 25 heavy (non-hydrogen) atoms. The Morgan fingerprint density at radius 3 is 2.88 bits per heavy atom. The van der Waals surface area contributed by atoms with Crippen molar-refractivity contribution in [3.63, 3.8) is 0 Å². The number of nitro groups is 1. The topological polar surface area (TPSA) is 90.2 Å². The maximum absolute atomic E-state index is 11.2. The average molecular weight is 338 g/mol. The van der Waals surface area contributed by atoms with Crippen molar-refractivity contribution in [3.8, 4) is 5.88 Å². The molecule has 0 unspecified atom stereocenters. The minimum absolute atomic E-state index is 0.00629. The molecule has 7 heteroatoms. The number of hydrogen-bond donors (Lipinski definition) is 1. The molecule has 0 aliphatic carbocycles. The lowest BCUT2D eigenvalue weighted by Crippen LogP contribution is -2.03. The Labute approximate surface area is 144 Å². The van der Waals surface area contributed by atoms with E-state index in [1.807, 2.05) is 38.1 Å². The first kappa shape index (κ1) is 16.6. The highest BCUT2D eigenvalue weighted by Crippen LogP contribution is 2.30. The van der Waals surface area contributed by atoms with Crippen LogP contribution in [-0.2, 0) is 6.54 Å². The van der Waals surface area contributed by atoms with Crippen molar-refractivity contribution in [3.05, 3.63) is 64.0 Å². The minimum Gasteiger partial charge on any atom is -0.478 e. The Morgan fingerprint density at radius 1 is 1.28 bits per heavy atom. The Kier molecular flexibility index (Phi) is 4.74. The minimum atomic E-state index is -0.407. The first-order chi connectivity index (χ1) is 12.1. The number of pyridine rings is 2. The summed E-state index contributed by atoms with van der Waals surface area (Å²) < 4.78 is 5.41. The fourth-order valence-electron chi connectivity index (χ4n) is 2.64. The van der Waals surface area contributed by atoms with Crippen LogP contribution in [0, 0.1) is 17.0 Å². The van der Waals surface area contributed by atoms with E-state index < -0.39 is 4.92 Å². The summed E-state index contributed by atoms with van der Waals surface area (Å²) in [4.78, 5) is 19.3. The van der Waals surface area contributed by atoms with Crippen LogP contribution in [0.25, 0.3) is 10.9 Å². The first-order valence-corrected chi connectivity index (χ1v) is 7.95. The normalized spacial score (nSPS) is 10.6. The van der Waals surface area contributed by atoms with Gasteiger partial charge >= 0.3 is 0 Å². The highest BCUT2D eigenvalue weighted by molar-refractivity contribution is 5.96. The molecule has 3 aromatic rings. The summed E-state index contributed by atoms with van der Waals surface area (Å²) in [5, 5.41) is 15.3. The zero-order chi connectivity index (χ0) is 17.8. The van der Waals surface area contributed by atoms with Gasteiger partial charge in [-0.1, -0.05) is 12.1 Å². The van der Waals surface area contributed by atoms with E-state index in [0.717, 1.165) is 16.6 Å². The number of aromatic nitrogens is 2. The van der Waals surface area contributed by atoms with Gasteiger partial charge in [-0.25, -0.2) is 9.97 Å². The van der Waals surface area contributed by atoms with Crippen molar-refractivity contribution in [1.29, 1.82) is 0 Å². The number of nitrogens with zero attached hydrogens (tertiary/aromatic N) is 3. The lowest BCUT2D eigenvalue weighted by atomic mass is 10.1. The maximum atomic E-state index is 11.2. The highest BCUT2D eigenvalue weighted by atomic mass is 16.6. The molecule has 128 valence electrons. The lowest BCUT2D eigenvalue weighted by molar-refractivity contribution is -0.383. The van der Waals surface area contributed by atoms with E-state index in [1.165, 1.54) is 6.07 Å². The molecule has 3 rings (SSSR count). The number of rotatable bonds is 6. The Hall–Kier alpha value is -3.22. The molecule has 0 bridgehead atoms. The number of nitrogens with one attached hydrogen (secondary N) is 1. The van der Waals surface area contributed by atoms with Crippen LogP contribution >= 0.6 is 0 Å². The van der Waals surface area contributed by atoms with Crippen LogP contribution in [0.2, 0.25) is 0 Å². The van der Waals surface area contributed by atoms with Crippen molar-refractivity contribution >= 4 is 22.3 Å². The van der Waals surface area contributed by atoms with Crippen molar-refractivity contribution in [2.75, 3.05) is 11.9 Å². The van der Waals surface area contributed by atoms with Crippen molar-refractivity contribution in [2.45, 2.75) is 20.4 Å². The van der Waals surface area contributed by atoms with Crippen LogP contribution in [0.5, 0.6) is 5.88 Å². The van der Waals surface area contributed by atoms with Gasteiger partial charge in [0.25, 0.3) is 5.69 Å². The molecule has 2 heterocycles. The average Bonchev–Trinajstić information content (AvgIpc) is 2.59. The number of non-ortho nitro benzene ring substituents is 1. The number of benzene rings is 1. The third kappa shape index (κ3) is 3.65. The van der Waals surface area contributed by atoms with Gasteiger partial charge in [-0.2, -0.15) is 0 Å². The number of anilines is 1. The molecule has 0 spiro atoms. The number of ether oxygens (including phenoxy) is 1. The predicted octanol–water partition coefficient (Wildman–Crippen LogP) is 3.86. The van der Waals surface area contributed by atoms with Gasteiger partial charge in [0.1, 0.15) is 0 Å². The summed E-state index contributed by atoms with van der Waals surface area (Å²) in [5.41, 5.74) is 2.92. The van der Waals surface area contributed by atoms with E-state index in [1.54, 1.807) is 12.3 Å². The third-order valence-corrected chi connectivity index (χ3v) is 3.72. The van der Waals surface area contributed by atoms with E-state index in [4.69, 9.17) is 4.74 Å². The van der Waals surface area contributed by atoms with Crippen molar-refractivity contribution in [1.82, 2.24) is 9.97 Å². The summed E-state index contributed by atoms with van der Waals surface area (Å²) in [7, 11) is 0. The summed E-state index contributed by atoms with van der Waals surface area (Å²) in [6, 6.07) is 10.6. The lowest BCUT2D eigenvalue weighted by Gasteiger charge is -2.11. The number of aryl methyl sites for hydroxylation is 1. The summed E-state index contributed by atoms with van der Waals surface area (Å²) in [6.07, 6.45) is 1.70. The summed E-state index contributed by atoms with van der Waals surface area (Å²) in [6.45, 7) is 4.83. The molecule has 0 radical (unpaired) electrons. The van der Waals surface area contributed by atoms with Gasteiger partial charge in [0.05, 0.1) is 11.5 Å². The standard InChI is InChI=1S/C18H18N4O3/c1-3-25-17-10-13(7-8-19-17)11-20-15-9-12(2)21-18-14(15)5-4-6-16(18)22(23)24/h4-10H,3,11H2,1-2H3,(H,20,21). The van der Waals surface area contributed by atoms with E-state index in [0.29, 0.717) is 30.2 Å². The van der Waals surface area contributed by atoms with Crippen LogP contribution in [-0.4, -0.2) is 21.5 Å². The van der Waals surface area contributed by atoms with Gasteiger partial charge in [-0.15, -0.1) is 0 Å². The highest BCUT2D eigenvalue weighted by Gasteiger charge is 2.15. The molecule has 7 nitrogen and oxygen atoms in total. The molecule has 0 aliphatic heterocycles. The molecule has 0 saturated heterocycles. The van der Waals surface area contributed by atoms with Crippen LogP contribution in [0.4, 0.5) is 11.4 Å². The van der Waals surface area contributed by atoms with E-state index >= 15 is 0 Å². The van der Waals surface area contributed by atoms with E-state index in [-0.39, 0.29) is 5.69 Å². The SMILES string of the molecule is CCOc1cc(CNc2cc(C)nc3c([N+](=O)[O-])cccc23)ccn1. The maximum Gasteiger partial charge on any atom is 0.295 e. The molecular formula is C18H18N4O3. The van der Waals surface area contributed by atoms with Gasteiger partial charge < -0.3 is 10.1 Å². The second kappa shape index (κ2) is 7.12. The molecule has 0 amide bonds. The quantitative estimate of drug-likeness (QED) is 0.542. The van der Waals surface area contributed by atoms with E-state index in [9.17, 15) is 10.1 Å². The zero-order valence-electron chi connectivity index (χ0n) is 14.0. The van der Waals surface area contributed by atoms with Crippen LogP contribution < -0.4 is 10.1 Å². The molecule has 0 aliphatic rings. The van der Waals surface area contributed by atoms with Crippen molar-refractivity contribution in [2.24, 2.45) is 0 Å². The van der Waals surface area contributed by atoms with Gasteiger partial charge in [0.15, 0.2) is 5.52 Å². The smallest absolute Gasteiger partial charge is 0.295 e. The second-order valence-corrected chi connectivity index (χ2v) is 5.53. The molecule has 1 N–H and O–H groups in total. The Morgan fingerprint density at radius 2 is 2.12 bits per heavy atom. The predicted molar refractivity (Wildman–Crippen MR) is 95.9 cm³/mol. The largest absolute Gasteiger partial charge is 0.478 e. The Bertz CT molecular complexity index is 927. The number of nitro benzene ring substituents is 1. The summed E-state index contributed by atoms with van der Waals surface area (Å²) >= 11 is 0. The zero-order valence-corrected chi connectivity index (χ0v) is 14.0. The van der Waals surface area contributed by atoms with Gasteiger partial charge in [-0.05, 0) is 31.5 Å². The van der Waals surface area contributed by atoms with Crippen molar-refractivity contribution < 1.29 is 9.66 Å². The molecule has 0 atom stereocenters. The molecular weight excluding hydrogens is 320 g/mol.